The van der Waals surface area contributed by atoms with Crippen LogP contribution in [0.1, 0.15) is 37.1 Å². The average molecular weight is 422 g/mol. The third-order valence-electron chi connectivity index (χ3n) is 3.64. The van der Waals surface area contributed by atoms with Crippen LogP contribution in [0.5, 0.6) is 0 Å². The van der Waals surface area contributed by atoms with Crippen molar-refractivity contribution in [2.45, 2.75) is 6.08 Å². The number of carboxylic acid groups (broad SMARTS) is 1. The number of halogens is 1. The maximum atomic E-state index is 11.4. The molecule has 0 aromatic heterocycles. The van der Waals surface area contributed by atoms with Crippen molar-refractivity contribution in [1.82, 2.24) is 5.32 Å². The van der Waals surface area contributed by atoms with Crippen LogP contribution >= 0.6 is 11.6 Å². The quantitative estimate of drug-likeness (QED) is 0.410. The smallest absolute Gasteiger partial charge is 0.335 e. The van der Waals surface area contributed by atoms with Crippen molar-refractivity contribution in [2.75, 3.05) is 24.9 Å². The van der Waals surface area contributed by atoms with Crippen LogP contribution < -0.4 is 10.6 Å². The van der Waals surface area contributed by atoms with Gasteiger partial charge in [-0.2, -0.15) is 0 Å². The third-order valence-corrected chi connectivity index (χ3v) is 3.83. The first-order valence-electron chi connectivity index (χ1n) is 13.8. The summed E-state index contributed by atoms with van der Waals surface area (Å²) in [5.74, 6) is -1.25. The third kappa shape index (κ3) is 6.06. The molecule has 0 heterocycles. The number of carboxylic acids is 1. The van der Waals surface area contributed by atoms with E-state index in [1.54, 1.807) is 0 Å². The Labute approximate surface area is 190 Å². The predicted molar refractivity (Wildman–Crippen MR) is 117 cm³/mol. The lowest BCUT2D eigenvalue weighted by Crippen LogP contribution is -2.26. The van der Waals surface area contributed by atoms with Gasteiger partial charge in [0.05, 0.1) is 24.0 Å². The molecular weight excluding hydrogens is 388 g/mol. The van der Waals surface area contributed by atoms with Gasteiger partial charge in [-0.15, -0.1) is 0 Å². The summed E-state index contributed by atoms with van der Waals surface area (Å²) in [4.78, 5) is 11.4. The molecule has 0 radical (unpaired) electrons. The number of carbonyl (C=O) groups is 1. The zero-order valence-electron chi connectivity index (χ0n) is 25.9. The molecule has 3 aromatic rings. The molecule has 0 fully saturated rings. The fourth-order valence-corrected chi connectivity index (χ4v) is 2.42. The second-order valence-corrected chi connectivity index (χ2v) is 6.03. The van der Waals surface area contributed by atoms with Gasteiger partial charge >= 0.3 is 5.97 Å². The van der Waals surface area contributed by atoms with E-state index >= 15 is 0 Å². The van der Waals surface area contributed by atoms with Crippen LogP contribution in [-0.4, -0.2) is 35.8 Å². The van der Waals surface area contributed by atoms with Crippen LogP contribution in [0.3, 0.4) is 0 Å². The Kier molecular flexibility index (Phi) is 3.75. The summed E-state index contributed by atoms with van der Waals surface area (Å²) in [6.45, 7) is -4.02. The van der Waals surface area contributed by atoms with Crippen molar-refractivity contribution in [3.8, 4) is 11.1 Å². The summed E-state index contributed by atoms with van der Waals surface area (Å²) in [5, 5.41) is 24.2. The van der Waals surface area contributed by atoms with Crippen LogP contribution in [0.4, 0.5) is 5.69 Å². The number of aromatic carboxylic acids is 1. The van der Waals surface area contributed by atoms with E-state index in [9.17, 15) is 15.0 Å². The molecule has 150 valence electrons. The number of hydrogen-bond acceptors (Lipinski definition) is 4. The molecule has 0 amide bonds. The molecule has 1 atom stereocenters. The lowest BCUT2D eigenvalue weighted by Gasteiger charge is -2.13. The van der Waals surface area contributed by atoms with E-state index in [4.69, 9.17) is 26.7 Å². The van der Waals surface area contributed by atoms with Gasteiger partial charge in [0.15, 0.2) is 0 Å². The van der Waals surface area contributed by atoms with Gasteiger partial charge in [0.2, 0.25) is 0 Å². The zero-order valence-corrected chi connectivity index (χ0v) is 15.7. The molecule has 0 saturated heterocycles. The van der Waals surface area contributed by atoms with E-state index in [2.05, 4.69) is 10.6 Å². The molecule has 5 nitrogen and oxygen atoms in total. The van der Waals surface area contributed by atoms with E-state index in [-0.39, 0.29) is 22.4 Å². The minimum atomic E-state index is -2.81. The second-order valence-electron chi connectivity index (χ2n) is 5.66. The summed E-state index contributed by atoms with van der Waals surface area (Å²) < 4.78 is 89.1. The molecule has 0 unspecified atom stereocenters. The first-order chi connectivity index (χ1) is 18.4. The fourth-order valence-electron chi connectivity index (χ4n) is 2.28. The molecule has 0 aliphatic carbocycles. The number of benzene rings is 3. The van der Waals surface area contributed by atoms with Gasteiger partial charge < -0.3 is 20.8 Å². The van der Waals surface area contributed by atoms with Crippen LogP contribution in [0.2, 0.25) is 5.02 Å². The summed E-state index contributed by atoms with van der Waals surface area (Å²) in [6, 6.07) is 0.388. The normalized spacial score (nSPS) is 18.8. The van der Waals surface area contributed by atoms with E-state index in [0.717, 1.165) is 0 Å². The van der Waals surface area contributed by atoms with E-state index in [1.165, 1.54) is 24.3 Å². The van der Waals surface area contributed by atoms with Crippen LogP contribution in [0.15, 0.2) is 72.6 Å². The summed E-state index contributed by atoms with van der Waals surface area (Å²) in [6.07, 6.45) is -2.81. The van der Waals surface area contributed by atoms with Crippen molar-refractivity contribution >= 4 is 23.3 Å². The number of aliphatic hydroxyl groups is 1. The van der Waals surface area contributed by atoms with E-state index in [0.29, 0.717) is 0 Å². The zero-order chi connectivity index (χ0) is 30.3. The summed E-state index contributed by atoms with van der Waals surface area (Å²) in [5.41, 5.74) is -1.15. The van der Waals surface area contributed by atoms with Gasteiger partial charge in [0.25, 0.3) is 0 Å². The van der Waals surface area contributed by atoms with E-state index < -0.39 is 90.6 Å². The average Bonchev–Trinajstić information content (AvgIpc) is 2.88. The maximum absolute atomic E-state index is 11.4. The number of hydrogen-bond donors (Lipinski definition) is 4. The van der Waals surface area contributed by atoms with Crippen molar-refractivity contribution in [1.29, 1.82) is 0 Å². The molecule has 3 rings (SSSR count). The van der Waals surface area contributed by atoms with Gasteiger partial charge in [-0.3, -0.25) is 0 Å². The molecular formula is C23H23ClN2O3. The molecule has 3 aromatic carbocycles. The number of anilines is 1. The Morgan fingerprint density at radius 1 is 1.21 bits per heavy atom. The standard InChI is InChI=1S/C23H23ClN2O3/c24-20-8-2-6-18(13-20)22(27)15-25-10-11-26-21-9-3-5-17(14-21)16-4-1-7-19(12-16)23(28)29/h1-9,12-14,22,25-27H,10-11,15H2,(H,28,29)/t22-/m0/s1/i2D,3D,5D,6D,8D,9D,10D2,13D,14D,22D. The molecule has 0 bridgehead atoms. The Morgan fingerprint density at radius 3 is 2.86 bits per heavy atom. The lowest BCUT2D eigenvalue weighted by atomic mass is 10.0. The molecule has 0 spiro atoms. The van der Waals surface area contributed by atoms with Gasteiger partial charge in [-0.25, -0.2) is 4.79 Å². The highest BCUT2D eigenvalue weighted by molar-refractivity contribution is 6.30. The molecule has 6 heteroatoms. The predicted octanol–water partition coefficient (Wildman–Crippen LogP) is 4.44. The summed E-state index contributed by atoms with van der Waals surface area (Å²) in [7, 11) is 0. The summed E-state index contributed by atoms with van der Waals surface area (Å²) >= 11 is 5.84. The van der Waals surface area contributed by atoms with Gasteiger partial charge in [0, 0.05) is 33.0 Å². The fraction of sp³-hybridized carbons (Fsp3) is 0.174. The molecule has 29 heavy (non-hydrogen) atoms. The SMILES string of the molecule is [2H]c1c([2H])c(NCC([2H])([2H])NC[C@]([2H])(O)c2c([2H])c([2H])c([2H])c(Cl)c2[2H])c([2H])c(-c2cccc(C(=O)O)c2)c1[2H]. The highest BCUT2D eigenvalue weighted by Gasteiger charge is 2.07. The van der Waals surface area contributed by atoms with E-state index in [1.807, 2.05) is 0 Å². The molecule has 4 N–H and O–H groups in total. The van der Waals surface area contributed by atoms with Crippen molar-refractivity contribution in [3.63, 3.8) is 0 Å². The van der Waals surface area contributed by atoms with Gasteiger partial charge in [-0.1, -0.05) is 47.9 Å². The Hall–Kier alpha value is -2.86. The highest BCUT2D eigenvalue weighted by Crippen LogP contribution is 2.23. The van der Waals surface area contributed by atoms with Crippen LogP contribution in [0, 0.1) is 0 Å². The monoisotopic (exact) mass is 421 g/mol. The van der Waals surface area contributed by atoms with Crippen molar-refractivity contribution in [2.24, 2.45) is 0 Å². The highest BCUT2D eigenvalue weighted by atomic mass is 35.5. The first-order valence-corrected chi connectivity index (χ1v) is 8.70. The molecule has 0 saturated carbocycles. The molecule has 0 aliphatic rings. The first kappa shape index (κ1) is 10.8. The topological polar surface area (TPSA) is 81.6 Å². The van der Waals surface area contributed by atoms with Crippen molar-refractivity contribution in [3.05, 3.63) is 88.8 Å². The van der Waals surface area contributed by atoms with Crippen LogP contribution in [0.25, 0.3) is 11.1 Å². The number of rotatable bonds is 9. The Morgan fingerprint density at radius 2 is 2.03 bits per heavy atom. The van der Waals surface area contributed by atoms with Crippen LogP contribution in [-0.2, 0) is 0 Å². The lowest BCUT2D eigenvalue weighted by molar-refractivity contribution is 0.0697. The second kappa shape index (κ2) is 10.1. The van der Waals surface area contributed by atoms with Gasteiger partial charge in [0.1, 0.15) is 0 Å². The van der Waals surface area contributed by atoms with Gasteiger partial charge in [-0.05, 0) is 53.0 Å². The Bertz CT molecular complexity index is 1470. The minimum Gasteiger partial charge on any atom is -0.478 e. The maximum Gasteiger partial charge on any atom is 0.335 e. The minimum absolute atomic E-state index is 0.126. The van der Waals surface area contributed by atoms with Crippen molar-refractivity contribution < 1.29 is 30.1 Å². The largest absolute Gasteiger partial charge is 0.478 e. The Balaban J connectivity index is 1.88. The molecule has 0 aliphatic heterocycles. The number of nitrogens with one attached hydrogen (secondary N) is 2.